The molecule has 2 bridgehead atoms. The molecular weight excluding hydrogens is 706 g/mol. The molecule has 12 atom stereocenters. The summed E-state index contributed by atoms with van der Waals surface area (Å²) < 4.78 is 66.3. The molecule has 242 valence electrons. The van der Waals surface area contributed by atoms with E-state index in [4.69, 9.17) is 56.6 Å². The number of amidine groups is 2. The second-order valence-electron chi connectivity index (χ2n) is 10.2. The van der Waals surface area contributed by atoms with Crippen LogP contribution >= 0.6 is 24.7 Å². The van der Waals surface area contributed by atoms with Gasteiger partial charge in [-0.2, -0.15) is 9.98 Å². The average molecular weight is 728 g/mol. The lowest BCUT2D eigenvalue weighted by atomic mass is 10.1. The lowest BCUT2D eigenvalue weighted by Crippen LogP contribution is -2.53. The number of rotatable bonds is 2. The van der Waals surface area contributed by atoms with Gasteiger partial charge in [-0.1, -0.05) is 12.2 Å². The Labute approximate surface area is 267 Å². The van der Waals surface area contributed by atoms with Gasteiger partial charge >= 0.3 is 6.72 Å². The minimum atomic E-state index is -4.33. The molecule has 0 saturated carbocycles. The molecule has 3 fully saturated rings. The van der Waals surface area contributed by atoms with Crippen LogP contribution in [0.4, 0.5) is 8.78 Å². The van der Waals surface area contributed by atoms with Crippen LogP contribution in [0.3, 0.4) is 0 Å². The third-order valence-electron chi connectivity index (χ3n) is 7.42. The van der Waals surface area contributed by atoms with Gasteiger partial charge in [-0.3, -0.25) is 44.6 Å². The van der Waals surface area contributed by atoms with Gasteiger partial charge in [0.25, 0.3) is 11.8 Å². The predicted molar refractivity (Wildman–Crippen MR) is 161 cm³/mol. The SMILES string of the molecule is N=C1N=C2C(N=CN2[C@@H]2O[C@@H]3COP(=S)(S)O[C@H]4[C@H](F)[C@H](N5C=NC6C(=O)N=CN=C65)O[C@@H]4COP(O)(=S)O[C@@H]2[C@@H]3F)C(=O)N1. The zero-order valence-corrected chi connectivity index (χ0v) is 26.5. The molecule has 0 aliphatic carbocycles. The highest BCUT2D eigenvalue weighted by Crippen LogP contribution is 2.58. The van der Waals surface area contributed by atoms with E-state index in [1.54, 1.807) is 0 Å². The van der Waals surface area contributed by atoms with E-state index in [0.717, 1.165) is 12.7 Å². The zero-order valence-electron chi connectivity index (χ0n) is 22.2. The molecule has 4 unspecified atom stereocenters. The summed E-state index contributed by atoms with van der Waals surface area (Å²) in [6, 6.07) is -2.20. The third-order valence-corrected chi connectivity index (χ3v) is 11.2. The van der Waals surface area contributed by atoms with Gasteiger partial charge in [-0.15, -0.1) is 0 Å². The van der Waals surface area contributed by atoms with Gasteiger partial charge in [0.2, 0.25) is 11.7 Å². The first-order valence-electron chi connectivity index (χ1n) is 13.0. The fourth-order valence-corrected chi connectivity index (χ4v) is 8.78. The summed E-state index contributed by atoms with van der Waals surface area (Å²) in [6.45, 7) is -5.50. The lowest BCUT2D eigenvalue weighted by molar-refractivity contribution is -0.120. The van der Waals surface area contributed by atoms with Crippen molar-refractivity contribution in [2.45, 2.75) is 61.3 Å². The number of amides is 2. The number of carbonyl (C=O) groups excluding carboxylic acids is 2. The van der Waals surface area contributed by atoms with Gasteiger partial charge in [0.1, 0.15) is 36.6 Å². The monoisotopic (exact) mass is 727 g/mol. The van der Waals surface area contributed by atoms with E-state index in [0.29, 0.717) is 0 Å². The van der Waals surface area contributed by atoms with Crippen molar-refractivity contribution in [3.8, 4) is 0 Å². The molecule has 0 radical (unpaired) electrons. The maximum Gasteiger partial charge on any atom is 0.325 e. The Hall–Kier alpha value is -2.01. The van der Waals surface area contributed by atoms with Crippen molar-refractivity contribution >= 4 is 96.7 Å². The number of aliphatic imine (C=N–C) groups is 5. The number of guanidine groups is 1. The normalized spacial score (nSPS) is 46.1. The predicted octanol–water partition coefficient (Wildman–Crippen LogP) is -0.844. The Morgan fingerprint density at radius 2 is 1.67 bits per heavy atom. The summed E-state index contributed by atoms with van der Waals surface area (Å²) in [5, 5.41) is 10.00. The number of fused-ring (bicyclic) bond motifs is 5. The molecule has 3 N–H and O–H groups in total. The molecule has 25 heteroatoms. The van der Waals surface area contributed by atoms with Gasteiger partial charge in [0.05, 0.1) is 25.9 Å². The molecule has 3 saturated heterocycles. The fourth-order valence-electron chi connectivity index (χ4n) is 5.41. The summed E-state index contributed by atoms with van der Waals surface area (Å²) in [5.74, 6) is -1.67. The Morgan fingerprint density at radius 1 is 0.978 bits per heavy atom. The highest BCUT2D eigenvalue weighted by Gasteiger charge is 2.56. The number of thiol groups is 1. The maximum absolute atomic E-state index is 16.0. The topological polar surface area (TPSA) is 214 Å². The van der Waals surface area contributed by atoms with Gasteiger partial charge in [-0.05, 0) is 23.6 Å². The van der Waals surface area contributed by atoms with Crippen LogP contribution < -0.4 is 5.32 Å². The molecule has 0 aromatic heterocycles. The first-order chi connectivity index (χ1) is 21.3. The number of nitrogens with zero attached hydrogens (tertiary/aromatic N) is 7. The minimum Gasteiger partial charge on any atom is -0.346 e. The molecule has 7 rings (SSSR count). The second kappa shape index (κ2) is 11.6. The number of hydrogen-bond donors (Lipinski definition) is 4. The van der Waals surface area contributed by atoms with Crippen molar-refractivity contribution < 1.29 is 50.8 Å². The molecular formula is C20H21F2N9O9P2S3. The third kappa shape index (κ3) is 5.76. The van der Waals surface area contributed by atoms with Crippen LogP contribution in [0.2, 0.25) is 0 Å². The maximum atomic E-state index is 16.0. The summed E-state index contributed by atoms with van der Waals surface area (Å²) in [7, 11) is 0. The molecule has 18 nitrogen and oxygen atoms in total. The summed E-state index contributed by atoms with van der Waals surface area (Å²) in [6.07, 6.45) is -9.30. The Bertz CT molecular complexity index is 1600. The molecule has 45 heavy (non-hydrogen) atoms. The highest BCUT2D eigenvalue weighted by molar-refractivity contribution is 8.60. The smallest absolute Gasteiger partial charge is 0.325 e. The lowest BCUT2D eigenvalue weighted by Gasteiger charge is -2.32. The summed E-state index contributed by atoms with van der Waals surface area (Å²) in [4.78, 5) is 57.5. The van der Waals surface area contributed by atoms with Gasteiger partial charge in [-0.25, -0.2) is 13.8 Å². The first-order valence-corrected chi connectivity index (χ1v) is 19.4. The van der Waals surface area contributed by atoms with Crippen molar-refractivity contribution in [2.75, 3.05) is 13.2 Å². The largest absolute Gasteiger partial charge is 0.346 e. The van der Waals surface area contributed by atoms with E-state index in [2.05, 4.69) is 42.5 Å². The van der Waals surface area contributed by atoms with Crippen LogP contribution in [0.1, 0.15) is 0 Å². The van der Waals surface area contributed by atoms with E-state index in [-0.39, 0.29) is 11.7 Å². The van der Waals surface area contributed by atoms with Crippen LogP contribution in [0.15, 0.2) is 25.0 Å². The summed E-state index contributed by atoms with van der Waals surface area (Å²) in [5.41, 5.74) is -3.65. The molecule has 7 aliphatic rings. The zero-order chi connectivity index (χ0) is 31.8. The molecule has 0 aromatic rings. The molecule has 2 amide bonds. The van der Waals surface area contributed by atoms with Crippen LogP contribution in [-0.2, 0) is 60.8 Å². The molecule has 7 heterocycles. The van der Waals surface area contributed by atoms with Crippen molar-refractivity contribution in [3.05, 3.63) is 0 Å². The number of hydrogen-bond acceptors (Lipinski definition) is 16. The quantitative estimate of drug-likeness (QED) is 0.202. The Balaban J connectivity index is 1.15. The van der Waals surface area contributed by atoms with E-state index in [1.807, 2.05) is 0 Å². The number of nitrogens with one attached hydrogen (secondary N) is 2. The number of halogens is 2. The molecule has 0 spiro atoms. The van der Waals surface area contributed by atoms with Gasteiger partial charge in [0.15, 0.2) is 42.7 Å². The Kier molecular flexibility index (Phi) is 8.14. The number of carbonyl (C=O) groups is 2. The fraction of sp³-hybridized carbons (Fsp3) is 0.600. The van der Waals surface area contributed by atoms with Crippen molar-refractivity contribution in [1.29, 1.82) is 5.41 Å². The van der Waals surface area contributed by atoms with Crippen molar-refractivity contribution in [1.82, 2.24) is 15.1 Å². The summed E-state index contributed by atoms with van der Waals surface area (Å²) >= 11 is 14.9. The van der Waals surface area contributed by atoms with E-state index < -0.39 is 105 Å². The van der Waals surface area contributed by atoms with Crippen molar-refractivity contribution in [3.63, 3.8) is 0 Å². The van der Waals surface area contributed by atoms with E-state index >= 15 is 8.78 Å². The second-order valence-corrected chi connectivity index (χ2v) is 18.2. The minimum absolute atomic E-state index is 0.0440. The first kappa shape index (κ1) is 31.6. The van der Waals surface area contributed by atoms with Gasteiger partial charge < -0.3 is 27.9 Å². The highest BCUT2D eigenvalue weighted by atomic mass is 32.9. The van der Waals surface area contributed by atoms with Crippen LogP contribution in [0, 0.1) is 5.41 Å². The van der Waals surface area contributed by atoms with E-state index in [9.17, 15) is 14.5 Å². The number of ether oxygens (including phenoxy) is 2. The number of alkyl halides is 2. The van der Waals surface area contributed by atoms with Crippen molar-refractivity contribution in [2.24, 2.45) is 25.0 Å². The standard InChI is InChI=1S/C20H21F2N9O9P2S3/c21-8-6-1-36-42(44,45)40-12-7(38-18(9(12)22)30-4-26-10-14(30)24-3-25-16(10)32)2-35-41(34,43)39-13(8)19(37-6)31-5-27-11-15(31)28-20(23)29-17(11)33/h3-13,18-19H,1-2H2,(H,34,43)(H,44,45)(H2,23,29,33)/t6-,7-,8-,9+,10?,11?,12-,13-,18-,19-,41?/m1/s1. The van der Waals surface area contributed by atoms with Crippen LogP contribution in [-0.4, -0.2) is 138 Å². The average Bonchev–Trinajstić information content (AvgIpc) is 3.72. The molecule has 0 aromatic carbocycles. The Morgan fingerprint density at radius 3 is 2.44 bits per heavy atom. The van der Waals surface area contributed by atoms with Gasteiger partial charge in [0, 0.05) is 0 Å². The van der Waals surface area contributed by atoms with Crippen LogP contribution in [0.25, 0.3) is 0 Å². The van der Waals surface area contributed by atoms with Crippen LogP contribution in [0.5, 0.6) is 0 Å². The van der Waals surface area contributed by atoms with E-state index in [1.165, 1.54) is 16.1 Å². The molecule has 7 aliphatic heterocycles.